The van der Waals surface area contributed by atoms with Gasteiger partial charge in [-0.15, -0.1) is 21.5 Å². The minimum absolute atomic E-state index is 0.0546. The molecular weight excluding hydrogens is 467 g/mol. The number of hydrogen-bond acceptors (Lipinski definition) is 9. The molecule has 0 aliphatic heterocycles. The maximum atomic E-state index is 13.1. The molecule has 1 aromatic carbocycles. The number of amides is 1. The van der Waals surface area contributed by atoms with E-state index in [1.165, 1.54) is 34.7 Å². The smallest absolute Gasteiger partial charge is 0.416 e. The number of halogens is 3. The predicted octanol–water partition coefficient (Wildman–Crippen LogP) is 3.76. The minimum Gasteiger partial charge on any atom is -0.416 e. The average molecular weight is 481 g/mol. The minimum atomic E-state index is -4.56. The van der Waals surface area contributed by atoms with Gasteiger partial charge in [-0.2, -0.15) is 18.3 Å². The van der Waals surface area contributed by atoms with E-state index in [9.17, 15) is 18.0 Å². The van der Waals surface area contributed by atoms with E-state index >= 15 is 0 Å². The Morgan fingerprint density at radius 2 is 2.16 bits per heavy atom. The van der Waals surface area contributed by atoms with Crippen LogP contribution in [0.2, 0.25) is 0 Å². The van der Waals surface area contributed by atoms with Crippen LogP contribution in [0.5, 0.6) is 0 Å². The number of thiazole rings is 1. The summed E-state index contributed by atoms with van der Waals surface area (Å²) in [5.41, 5.74) is 0.0901. The topological polar surface area (TPSA) is 112 Å². The predicted molar refractivity (Wildman–Crippen MR) is 110 cm³/mol. The molecule has 4 rings (SSSR count). The van der Waals surface area contributed by atoms with E-state index in [4.69, 9.17) is 4.42 Å². The van der Waals surface area contributed by atoms with Crippen LogP contribution in [0.15, 0.2) is 45.9 Å². The van der Waals surface area contributed by atoms with E-state index in [1.807, 2.05) is 12.3 Å². The number of nitrogens with one attached hydrogen (secondary N) is 1. The number of benzene rings is 1. The third-order valence-electron chi connectivity index (χ3n) is 4.04. The highest BCUT2D eigenvalue weighted by atomic mass is 32.2. The third-order valence-corrected chi connectivity index (χ3v) is 5.68. The molecule has 0 saturated heterocycles. The first-order chi connectivity index (χ1) is 15.3. The highest BCUT2D eigenvalue weighted by Crippen LogP contribution is 2.33. The normalized spacial score (nSPS) is 11.6. The van der Waals surface area contributed by atoms with E-state index < -0.39 is 17.6 Å². The fourth-order valence-corrected chi connectivity index (χ4v) is 3.86. The van der Waals surface area contributed by atoms with Gasteiger partial charge in [-0.25, -0.2) is 14.6 Å². The Labute approximate surface area is 187 Å². The van der Waals surface area contributed by atoms with Gasteiger partial charge < -0.3 is 9.73 Å². The van der Waals surface area contributed by atoms with Gasteiger partial charge in [0.25, 0.3) is 5.22 Å². The second kappa shape index (κ2) is 9.08. The number of rotatable bonds is 7. The molecule has 3 aromatic heterocycles. The Morgan fingerprint density at radius 3 is 2.84 bits per heavy atom. The largest absolute Gasteiger partial charge is 0.416 e. The number of anilines is 1. The second-order valence-electron chi connectivity index (χ2n) is 6.40. The van der Waals surface area contributed by atoms with Gasteiger partial charge in [0.15, 0.2) is 0 Å². The SMILES string of the molecule is Cc1nc(Cc2nnc(SCC(=O)Nc3cc(C(F)(F)F)ccc3-n3cncn3)o2)cs1. The summed E-state index contributed by atoms with van der Waals surface area (Å²) >= 11 is 2.48. The van der Waals surface area contributed by atoms with Gasteiger partial charge in [-0.3, -0.25) is 4.79 Å². The molecule has 3 heterocycles. The highest BCUT2D eigenvalue weighted by molar-refractivity contribution is 7.99. The molecule has 0 bridgehead atoms. The quantitative estimate of drug-likeness (QED) is 0.397. The van der Waals surface area contributed by atoms with Crippen LogP contribution in [-0.4, -0.2) is 41.6 Å². The van der Waals surface area contributed by atoms with E-state index in [0.29, 0.717) is 12.3 Å². The lowest BCUT2D eigenvalue weighted by Gasteiger charge is -2.14. The van der Waals surface area contributed by atoms with Crippen molar-refractivity contribution < 1.29 is 22.4 Å². The van der Waals surface area contributed by atoms with Crippen molar-refractivity contribution in [2.24, 2.45) is 0 Å². The van der Waals surface area contributed by atoms with Crippen molar-refractivity contribution in [2.75, 3.05) is 11.1 Å². The zero-order valence-electron chi connectivity index (χ0n) is 16.3. The summed E-state index contributed by atoms with van der Waals surface area (Å²) in [6.07, 6.45) is -1.64. The van der Waals surface area contributed by atoms with Crippen LogP contribution >= 0.6 is 23.1 Å². The lowest BCUT2D eigenvalue weighted by Crippen LogP contribution is -2.17. The van der Waals surface area contributed by atoms with Crippen LogP contribution in [0.4, 0.5) is 18.9 Å². The van der Waals surface area contributed by atoms with E-state index in [2.05, 4.69) is 30.6 Å². The zero-order valence-corrected chi connectivity index (χ0v) is 18.0. The molecule has 0 unspecified atom stereocenters. The molecule has 32 heavy (non-hydrogen) atoms. The summed E-state index contributed by atoms with van der Waals surface area (Å²) < 4.78 is 46.1. The summed E-state index contributed by atoms with van der Waals surface area (Å²) in [5, 5.41) is 17.2. The van der Waals surface area contributed by atoms with Crippen molar-refractivity contribution in [3.63, 3.8) is 0 Å². The van der Waals surface area contributed by atoms with Crippen LogP contribution < -0.4 is 5.32 Å². The molecule has 0 spiro atoms. The van der Waals surface area contributed by atoms with Crippen molar-refractivity contribution in [1.82, 2.24) is 29.9 Å². The first-order valence-electron chi connectivity index (χ1n) is 9.00. The molecule has 0 saturated carbocycles. The van der Waals surface area contributed by atoms with Gasteiger partial charge in [-0.1, -0.05) is 11.8 Å². The van der Waals surface area contributed by atoms with Crippen LogP contribution in [0.1, 0.15) is 22.2 Å². The van der Waals surface area contributed by atoms with Crippen molar-refractivity contribution >= 4 is 34.7 Å². The summed E-state index contributed by atoms with van der Waals surface area (Å²) in [6, 6.07) is 2.97. The Kier molecular flexibility index (Phi) is 6.23. The number of alkyl halides is 3. The number of carbonyl (C=O) groups is 1. The second-order valence-corrected chi connectivity index (χ2v) is 8.39. The van der Waals surface area contributed by atoms with E-state index in [-0.39, 0.29) is 22.4 Å². The zero-order chi connectivity index (χ0) is 22.7. The maximum Gasteiger partial charge on any atom is 0.416 e. The molecule has 1 N–H and O–H groups in total. The lowest BCUT2D eigenvalue weighted by molar-refractivity contribution is -0.137. The van der Waals surface area contributed by atoms with Gasteiger partial charge >= 0.3 is 6.18 Å². The maximum absolute atomic E-state index is 13.1. The van der Waals surface area contributed by atoms with Crippen molar-refractivity contribution in [3.8, 4) is 5.69 Å². The summed E-state index contributed by atoms with van der Waals surface area (Å²) in [7, 11) is 0. The molecule has 1 amide bonds. The van der Waals surface area contributed by atoms with Crippen LogP contribution in [0, 0.1) is 6.92 Å². The van der Waals surface area contributed by atoms with Crippen molar-refractivity contribution in [2.45, 2.75) is 24.7 Å². The first-order valence-corrected chi connectivity index (χ1v) is 10.9. The number of carbonyl (C=O) groups excluding carboxylic acids is 1. The molecule has 4 aromatic rings. The first kappa shape index (κ1) is 22.0. The number of hydrogen-bond donors (Lipinski definition) is 1. The molecule has 0 aliphatic rings. The Balaban J connectivity index is 1.42. The molecular formula is C18H14F3N7O2S2. The summed E-state index contributed by atoms with van der Waals surface area (Å²) in [5.74, 6) is -0.347. The number of thioether (sulfide) groups is 1. The number of aryl methyl sites for hydroxylation is 1. The Morgan fingerprint density at radius 1 is 1.31 bits per heavy atom. The lowest BCUT2D eigenvalue weighted by atomic mass is 10.1. The van der Waals surface area contributed by atoms with Gasteiger partial charge in [0.1, 0.15) is 12.7 Å². The van der Waals surface area contributed by atoms with Gasteiger partial charge in [-0.05, 0) is 25.1 Å². The van der Waals surface area contributed by atoms with Crippen LogP contribution in [0.3, 0.4) is 0 Å². The van der Waals surface area contributed by atoms with E-state index in [1.54, 1.807) is 0 Å². The van der Waals surface area contributed by atoms with Gasteiger partial charge in [0, 0.05) is 5.38 Å². The molecule has 14 heteroatoms. The average Bonchev–Trinajstić information content (AvgIpc) is 3.49. The van der Waals surface area contributed by atoms with Crippen LogP contribution in [0.25, 0.3) is 5.69 Å². The molecule has 166 valence electrons. The molecule has 0 radical (unpaired) electrons. The summed E-state index contributed by atoms with van der Waals surface area (Å²) in [6.45, 7) is 1.89. The standard InChI is InChI=1S/C18H14F3N7O2S2/c1-10-24-12(6-31-10)5-16-26-27-17(30-16)32-7-15(29)25-13-4-11(18(19,20)21)2-3-14(13)28-9-22-8-23-28/h2-4,6,8-9H,5,7H2,1H3,(H,25,29). The fraction of sp³-hybridized carbons (Fsp3) is 0.222. The monoisotopic (exact) mass is 481 g/mol. The molecule has 9 nitrogen and oxygen atoms in total. The highest BCUT2D eigenvalue weighted by Gasteiger charge is 2.31. The third kappa shape index (κ3) is 5.31. The van der Waals surface area contributed by atoms with E-state index in [0.717, 1.165) is 34.6 Å². The van der Waals surface area contributed by atoms with Gasteiger partial charge in [0.05, 0.1) is 39.8 Å². The molecule has 0 atom stereocenters. The fourth-order valence-electron chi connectivity index (χ4n) is 2.67. The van der Waals surface area contributed by atoms with Crippen LogP contribution in [-0.2, 0) is 17.4 Å². The Bertz CT molecular complexity index is 1220. The molecule has 0 fully saturated rings. The van der Waals surface area contributed by atoms with Gasteiger partial charge in [0.2, 0.25) is 11.8 Å². The Hall–Kier alpha value is -3.26. The number of nitrogens with zero attached hydrogens (tertiary/aromatic N) is 6. The molecule has 0 aliphatic carbocycles. The number of aromatic nitrogens is 6. The summed E-state index contributed by atoms with van der Waals surface area (Å²) in [4.78, 5) is 20.5. The van der Waals surface area contributed by atoms with Crippen molar-refractivity contribution in [1.29, 1.82) is 0 Å². The van der Waals surface area contributed by atoms with Crippen molar-refractivity contribution in [3.05, 3.63) is 58.4 Å².